The van der Waals surface area contributed by atoms with Crippen molar-refractivity contribution in [3.63, 3.8) is 0 Å². The predicted octanol–water partition coefficient (Wildman–Crippen LogP) is 4.39. The highest BCUT2D eigenvalue weighted by molar-refractivity contribution is 5.97. The van der Waals surface area contributed by atoms with Gasteiger partial charge in [0, 0.05) is 18.1 Å². The van der Waals surface area contributed by atoms with Crippen LogP contribution in [0.4, 0.5) is 4.39 Å². The van der Waals surface area contributed by atoms with Gasteiger partial charge in [0.1, 0.15) is 5.82 Å². The molecule has 4 rings (SSSR count). The fraction of sp³-hybridized carbons (Fsp3) is 0.176. The molecule has 0 saturated carbocycles. The van der Waals surface area contributed by atoms with E-state index in [0.29, 0.717) is 0 Å². The summed E-state index contributed by atoms with van der Waals surface area (Å²) in [6, 6.07) is 13.3. The Kier molecular flexibility index (Phi) is 2.25. The summed E-state index contributed by atoms with van der Waals surface area (Å²) in [5.41, 5.74) is 5.06. The summed E-state index contributed by atoms with van der Waals surface area (Å²) in [7, 11) is 0. The molecule has 0 spiro atoms. The number of aromatic nitrogens is 1. The second-order valence-corrected chi connectivity index (χ2v) is 5.15. The monoisotopic (exact) mass is 251 g/mol. The molecule has 1 aliphatic rings. The molecule has 0 N–H and O–H groups in total. The Morgan fingerprint density at radius 3 is 2.63 bits per heavy atom. The first kappa shape index (κ1) is 10.8. The third-order valence-corrected chi connectivity index (χ3v) is 4.01. The molecule has 2 heterocycles. The first-order valence-corrected chi connectivity index (χ1v) is 6.69. The first-order chi connectivity index (χ1) is 9.33. The highest BCUT2D eigenvalue weighted by atomic mass is 19.1. The lowest BCUT2D eigenvalue weighted by atomic mass is 9.96. The lowest BCUT2D eigenvalue weighted by Crippen LogP contribution is -2.06. The largest absolute Gasteiger partial charge is 0.347 e. The van der Waals surface area contributed by atoms with E-state index < -0.39 is 0 Å². The number of halogens is 1. The molecule has 0 amide bonds. The molecule has 0 atom stereocenters. The van der Waals surface area contributed by atoms with E-state index in [2.05, 4.69) is 29.0 Å². The minimum absolute atomic E-state index is 0.185. The van der Waals surface area contributed by atoms with Gasteiger partial charge >= 0.3 is 0 Å². The maximum Gasteiger partial charge on any atom is 0.123 e. The average molecular weight is 251 g/mol. The zero-order valence-electron chi connectivity index (χ0n) is 10.6. The molecule has 0 radical (unpaired) electrons. The average Bonchev–Trinajstić information content (AvgIpc) is 2.87. The second-order valence-electron chi connectivity index (χ2n) is 5.15. The topological polar surface area (TPSA) is 4.93 Å². The Bertz CT molecular complexity index is 753. The number of benzene rings is 2. The van der Waals surface area contributed by atoms with E-state index >= 15 is 0 Å². The van der Waals surface area contributed by atoms with Crippen molar-refractivity contribution < 1.29 is 4.39 Å². The van der Waals surface area contributed by atoms with Crippen LogP contribution in [0.3, 0.4) is 0 Å². The molecule has 0 aliphatic carbocycles. The highest BCUT2D eigenvalue weighted by Gasteiger charge is 2.15. The third-order valence-electron chi connectivity index (χ3n) is 4.01. The normalized spacial score (nSPS) is 13.9. The zero-order valence-corrected chi connectivity index (χ0v) is 10.6. The van der Waals surface area contributed by atoms with Crippen LogP contribution in [-0.4, -0.2) is 4.57 Å². The van der Waals surface area contributed by atoms with Crippen molar-refractivity contribution in [3.05, 3.63) is 60.0 Å². The van der Waals surface area contributed by atoms with Crippen molar-refractivity contribution >= 4 is 10.9 Å². The van der Waals surface area contributed by atoms with Crippen LogP contribution in [0.25, 0.3) is 22.0 Å². The summed E-state index contributed by atoms with van der Waals surface area (Å²) in [4.78, 5) is 0. The van der Waals surface area contributed by atoms with Gasteiger partial charge in [0.2, 0.25) is 0 Å². The smallest absolute Gasteiger partial charge is 0.123 e. The van der Waals surface area contributed by atoms with Gasteiger partial charge in [-0.05, 0) is 47.7 Å². The van der Waals surface area contributed by atoms with Gasteiger partial charge in [-0.3, -0.25) is 0 Å². The number of aryl methyl sites for hydroxylation is 2. The van der Waals surface area contributed by atoms with Crippen LogP contribution in [0.2, 0.25) is 0 Å². The van der Waals surface area contributed by atoms with Gasteiger partial charge in [0.25, 0.3) is 0 Å². The molecule has 1 nitrogen and oxygen atoms in total. The standard InChI is InChI=1S/C17H14FN/c18-14-6-3-12(4-7-14)15-8-5-13-2-1-10-19-11-9-16(15)17(13)19/h3-9,11H,1-2,10H2. The van der Waals surface area contributed by atoms with Crippen LogP contribution in [-0.2, 0) is 13.0 Å². The van der Waals surface area contributed by atoms with Crippen LogP contribution >= 0.6 is 0 Å². The van der Waals surface area contributed by atoms with Crippen molar-refractivity contribution in [2.75, 3.05) is 0 Å². The third kappa shape index (κ3) is 1.60. The maximum atomic E-state index is 13.0. The molecule has 1 aliphatic heterocycles. The van der Waals surface area contributed by atoms with E-state index in [1.165, 1.54) is 40.6 Å². The van der Waals surface area contributed by atoms with E-state index in [9.17, 15) is 4.39 Å². The molecule has 0 fully saturated rings. The number of nitrogens with zero attached hydrogens (tertiary/aromatic N) is 1. The van der Waals surface area contributed by atoms with Crippen LogP contribution in [0, 0.1) is 5.82 Å². The number of hydrogen-bond acceptors (Lipinski definition) is 0. The molecular formula is C17H14FN. The van der Waals surface area contributed by atoms with Crippen molar-refractivity contribution in [2.45, 2.75) is 19.4 Å². The Hall–Kier alpha value is -2.09. The Morgan fingerprint density at radius 1 is 0.947 bits per heavy atom. The second kappa shape index (κ2) is 3.95. The van der Waals surface area contributed by atoms with Crippen molar-refractivity contribution in [1.82, 2.24) is 4.57 Å². The van der Waals surface area contributed by atoms with E-state index in [1.807, 2.05) is 12.1 Å². The van der Waals surface area contributed by atoms with Gasteiger partial charge in [-0.2, -0.15) is 0 Å². The summed E-state index contributed by atoms with van der Waals surface area (Å²) in [6.07, 6.45) is 4.54. The van der Waals surface area contributed by atoms with Crippen LogP contribution in [0.15, 0.2) is 48.7 Å². The quantitative estimate of drug-likeness (QED) is 0.604. The molecule has 0 saturated heterocycles. The van der Waals surface area contributed by atoms with Gasteiger partial charge in [0.15, 0.2) is 0 Å². The van der Waals surface area contributed by atoms with E-state index in [1.54, 1.807) is 0 Å². The fourth-order valence-corrected chi connectivity index (χ4v) is 3.11. The van der Waals surface area contributed by atoms with Gasteiger partial charge in [-0.15, -0.1) is 0 Å². The van der Waals surface area contributed by atoms with Crippen LogP contribution in [0.5, 0.6) is 0 Å². The molecule has 1 aromatic heterocycles. The predicted molar refractivity (Wildman–Crippen MR) is 75.7 cm³/mol. The van der Waals surface area contributed by atoms with Gasteiger partial charge in [-0.25, -0.2) is 4.39 Å². The van der Waals surface area contributed by atoms with E-state index in [-0.39, 0.29) is 5.82 Å². The SMILES string of the molecule is Fc1ccc(-c2ccc3c4c2ccn4CCC3)cc1. The van der Waals surface area contributed by atoms with Crippen molar-refractivity contribution in [1.29, 1.82) is 0 Å². The minimum Gasteiger partial charge on any atom is -0.347 e. The van der Waals surface area contributed by atoms with Crippen molar-refractivity contribution in [3.8, 4) is 11.1 Å². The molecule has 0 bridgehead atoms. The van der Waals surface area contributed by atoms with Gasteiger partial charge in [-0.1, -0.05) is 24.3 Å². The van der Waals surface area contributed by atoms with Gasteiger partial charge in [0.05, 0.1) is 5.52 Å². The summed E-state index contributed by atoms with van der Waals surface area (Å²) >= 11 is 0. The summed E-state index contributed by atoms with van der Waals surface area (Å²) in [6.45, 7) is 1.10. The summed E-state index contributed by atoms with van der Waals surface area (Å²) in [5.74, 6) is -0.185. The molecule has 19 heavy (non-hydrogen) atoms. The lowest BCUT2D eigenvalue weighted by molar-refractivity contribution is 0.628. The zero-order chi connectivity index (χ0) is 12.8. The summed E-state index contributed by atoms with van der Waals surface area (Å²) in [5, 5.41) is 1.28. The minimum atomic E-state index is -0.185. The summed E-state index contributed by atoms with van der Waals surface area (Å²) < 4.78 is 15.4. The van der Waals surface area contributed by atoms with E-state index in [4.69, 9.17) is 0 Å². The Balaban J connectivity index is 1.99. The van der Waals surface area contributed by atoms with Crippen LogP contribution < -0.4 is 0 Å². The van der Waals surface area contributed by atoms with Crippen LogP contribution in [0.1, 0.15) is 12.0 Å². The maximum absolute atomic E-state index is 13.0. The molecule has 2 aromatic carbocycles. The first-order valence-electron chi connectivity index (χ1n) is 6.69. The molecular weight excluding hydrogens is 237 g/mol. The molecule has 2 heteroatoms. The molecule has 3 aromatic rings. The fourth-order valence-electron chi connectivity index (χ4n) is 3.11. The molecule has 0 unspecified atom stereocenters. The Morgan fingerprint density at radius 2 is 1.79 bits per heavy atom. The molecule has 94 valence electrons. The van der Waals surface area contributed by atoms with Gasteiger partial charge < -0.3 is 4.57 Å². The highest BCUT2D eigenvalue weighted by Crippen LogP contribution is 2.34. The van der Waals surface area contributed by atoms with Crippen molar-refractivity contribution in [2.24, 2.45) is 0 Å². The number of hydrogen-bond donors (Lipinski definition) is 0. The van der Waals surface area contributed by atoms with E-state index in [0.717, 1.165) is 18.5 Å². The lowest BCUT2D eigenvalue weighted by Gasteiger charge is -2.17. The Labute approximate surface area is 111 Å². The number of rotatable bonds is 1.